The quantitative estimate of drug-likeness (QED) is 0.715. The van der Waals surface area contributed by atoms with E-state index in [1.807, 2.05) is 0 Å². The lowest BCUT2D eigenvalue weighted by Crippen LogP contribution is -2.25. The number of hydrogen-bond donors (Lipinski definition) is 2. The van der Waals surface area contributed by atoms with Crippen LogP contribution in [0.2, 0.25) is 0 Å². The maximum Gasteiger partial charge on any atom is 0.303 e. The first-order valence-corrected chi connectivity index (χ1v) is 5.42. The Hall–Kier alpha value is -1.98. The fourth-order valence-electron chi connectivity index (χ4n) is 1.28. The molecule has 6 heteroatoms. The molecule has 1 rings (SSSR count). The molecule has 0 unspecified atom stereocenters. The normalized spacial score (nSPS) is 9.88. The summed E-state index contributed by atoms with van der Waals surface area (Å²) in [7, 11) is 0. The Morgan fingerprint density at radius 2 is 2.18 bits per heavy atom. The van der Waals surface area contributed by atoms with Crippen LogP contribution in [0.25, 0.3) is 0 Å². The zero-order valence-corrected chi connectivity index (χ0v) is 9.43. The van der Waals surface area contributed by atoms with Crippen molar-refractivity contribution >= 4 is 11.9 Å². The molecule has 0 aliphatic carbocycles. The molecule has 0 aliphatic heterocycles. The Balaban J connectivity index is 2.10. The van der Waals surface area contributed by atoms with E-state index in [0.717, 1.165) is 5.69 Å². The number of nitrogens with one attached hydrogen (secondary N) is 1. The van der Waals surface area contributed by atoms with Crippen molar-refractivity contribution in [2.45, 2.75) is 25.7 Å². The van der Waals surface area contributed by atoms with Crippen LogP contribution in [0.5, 0.6) is 0 Å². The summed E-state index contributed by atoms with van der Waals surface area (Å²) < 4.78 is 0. The van der Waals surface area contributed by atoms with Gasteiger partial charge in [0.15, 0.2) is 0 Å². The minimum atomic E-state index is -0.876. The van der Waals surface area contributed by atoms with Gasteiger partial charge in [0.2, 0.25) is 5.91 Å². The third-order valence-electron chi connectivity index (χ3n) is 2.14. The monoisotopic (exact) mass is 237 g/mol. The molecule has 0 aliphatic rings. The Kier molecular flexibility index (Phi) is 5.63. The Morgan fingerprint density at radius 1 is 1.35 bits per heavy atom. The first-order chi connectivity index (χ1) is 8.18. The molecule has 92 valence electrons. The van der Waals surface area contributed by atoms with Crippen molar-refractivity contribution in [1.82, 2.24) is 15.3 Å². The molecule has 0 atom stereocenters. The molecule has 0 bridgehead atoms. The number of aliphatic carboxylic acids is 1. The van der Waals surface area contributed by atoms with E-state index in [1.165, 1.54) is 6.33 Å². The van der Waals surface area contributed by atoms with E-state index in [-0.39, 0.29) is 18.7 Å². The molecule has 0 radical (unpaired) electrons. The maximum absolute atomic E-state index is 11.3. The van der Waals surface area contributed by atoms with Gasteiger partial charge in [0.25, 0.3) is 0 Å². The zero-order chi connectivity index (χ0) is 12.5. The lowest BCUT2D eigenvalue weighted by atomic mass is 10.2. The predicted octanol–water partition coefficient (Wildman–Crippen LogP) is 0.390. The Bertz CT molecular complexity index is 367. The third kappa shape index (κ3) is 6.24. The number of rotatable bonds is 7. The predicted molar refractivity (Wildman–Crippen MR) is 60.2 cm³/mol. The van der Waals surface area contributed by atoms with Gasteiger partial charge in [0.1, 0.15) is 6.33 Å². The van der Waals surface area contributed by atoms with Gasteiger partial charge in [-0.3, -0.25) is 9.59 Å². The topological polar surface area (TPSA) is 92.2 Å². The van der Waals surface area contributed by atoms with E-state index in [0.29, 0.717) is 19.4 Å². The Morgan fingerprint density at radius 3 is 2.82 bits per heavy atom. The van der Waals surface area contributed by atoms with Crippen LogP contribution in [0.1, 0.15) is 25.0 Å². The number of hydrogen-bond acceptors (Lipinski definition) is 4. The second kappa shape index (κ2) is 7.32. The van der Waals surface area contributed by atoms with Crippen LogP contribution >= 0.6 is 0 Å². The summed E-state index contributed by atoms with van der Waals surface area (Å²) in [6.45, 7) is 0.503. The summed E-state index contributed by atoms with van der Waals surface area (Å²) in [5, 5.41) is 11.1. The lowest BCUT2D eigenvalue weighted by molar-refractivity contribution is -0.137. The summed E-state index contributed by atoms with van der Waals surface area (Å²) in [5.41, 5.74) is 0.867. The van der Waals surface area contributed by atoms with Crippen LogP contribution in [0.15, 0.2) is 18.6 Å². The molecule has 0 saturated carbocycles. The minimum absolute atomic E-state index is 0.0271. The first-order valence-electron chi connectivity index (χ1n) is 5.42. The van der Waals surface area contributed by atoms with Gasteiger partial charge in [-0.05, 0) is 12.5 Å². The molecule has 1 amide bonds. The summed E-state index contributed by atoms with van der Waals surface area (Å²) in [6.07, 6.45) is 4.40. The molecule has 0 saturated heterocycles. The Labute approximate surface area is 99.1 Å². The summed E-state index contributed by atoms with van der Waals surface area (Å²) in [4.78, 5) is 29.3. The van der Waals surface area contributed by atoms with Crippen LogP contribution in [-0.4, -0.2) is 33.5 Å². The minimum Gasteiger partial charge on any atom is -0.481 e. The van der Waals surface area contributed by atoms with Crippen molar-refractivity contribution in [2.24, 2.45) is 0 Å². The van der Waals surface area contributed by atoms with Crippen LogP contribution in [0.3, 0.4) is 0 Å². The SMILES string of the molecule is O=C(O)CCCC(=O)NCCc1ccncn1. The van der Waals surface area contributed by atoms with Crippen LogP contribution in [0.4, 0.5) is 0 Å². The molecule has 0 spiro atoms. The number of carbonyl (C=O) groups excluding carboxylic acids is 1. The summed E-state index contributed by atoms with van der Waals surface area (Å²) >= 11 is 0. The second-order valence-corrected chi connectivity index (χ2v) is 3.55. The molecule has 0 aromatic carbocycles. The second-order valence-electron chi connectivity index (χ2n) is 3.55. The van der Waals surface area contributed by atoms with Gasteiger partial charge in [-0.1, -0.05) is 0 Å². The third-order valence-corrected chi connectivity index (χ3v) is 2.14. The standard InChI is InChI=1S/C11H15N3O3/c15-10(2-1-3-11(16)17)13-7-5-9-4-6-12-8-14-9/h4,6,8H,1-3,5,7H2,(H,13,15)(H,16,17). The highest BCUT2D eigenvalue weighted by molar-refractivity contribution is 5.76. The van der Waals surface area contributed by atoms with E-state index < -0.39 is 5.97 Å². The molecule has 0 fully saturated rings. The first kappa shape index (κ1) is 13.1. The van der Waals surface area contributed by atoms with Crippen molar-refractivity contribution < 1.29 is 14.7 Å². The van der Waals surface area contributed by atoms with Gasteiger partial charge in [-0.25, -0.2) is 9.97 Å². The fourth-order valence-corrected chi connectivity index (χ4v) is 1.28. The van der Waals surface area contributed by atoms with Gasteiger partial charge in [-0.15, -0.1) is 0 Å². The highest BCUT2D eigenvalue weighted by Gasteiger charge is 2.03. The largest absolute Gasteiger partial charge is 0.481 e. The van der Waals surface area contributed by atoms with Crippen molar-refractivity contribution in [2.75, 3.05) is 6.54 Å². The summed E-state index contributed by atoms with van der Waals surface area (Å²) in [6, 6.07) is 1.79. The molecule has 6 nitrogen and oxygen atoms in total. The number of nitrogens with zero attached hydrogens (tertiary/aromatic N) is 2. The molecular weight excluding hydrogens is 222 g/mol. The molecule has 17 heavy (non-hydrogen) atoms. The van der Waals surface area contributed by atoms with Crippen LogP contribution in [0, 0.1) is 0 Å². The average Bonchev–Trinajstić information content (AvgIpc) is 2.30. The molecule has 1 aromatic heterocycles. The van der Waals surface area contributed by atoms with Gasteiger partial charge in [-0.2, -0.15) is 0 Å². The highest BCUT2D eigenvalue weighted by Crippen LogP contribution is 1.95. The molecule has 2 N–H and O–H groups in total. The van der Waals surface area contributed by atoms with Gasteiger partial charge >= 0.3 is 5.97 Å². The van der Waals surface area contributed by atoms with Crippen molar-refractivity contribution in [3.63, 3.8) is 0 Å². The molecular formula is C11H15N3O3. The van der Waals surface area contributed by atoms with E-state index in [1.54, 1.807) is 12.3 Å². The molecule has 1 heterocycles. The highest BCUT2D eigenvalue weighted by atomic mass is 16.4. The number of aromatic nitrogens is 2. The van der Waals surface area contributed by atoms with Gasteiger partial charge in [0, 0.05) is 37.7 Å². The lowest BCUT2D eigenvalue weighted by Gasteiger charge is -2.03. The smallest absolute Gasteiger partial charge is 0.303 e. The summed E-state index contributed by atoms with van der Waals surface area (Å²) in [5.74, 6) is -1.00. The van der Waals surface area contributed by atoms with Crippen LogP contribution in [-0.2, 0) is 16.0 Å². The van der Waals surface area contributed by atoms with Crippen molar-refractivity contribution in [1.29, 1.82) is 0 Å². The van der Waals surface area contributed by atoms with E-state index >= 15 is 0 Å². The van der Waals surface area contributed by atoms with Crippen molar-refractivity contribution in [3.05, 3.63) is 24.3 Å². The fraction of sp³-hybridized carbons (Fsp3) is 0.455. The van der Waals surface area contributed by atoms with E-state index in [9.17, 15) is 9.59 Å². The number of carboxylic acids is 1. The van der Waals surface area contributed by atoms with Crippen LogP contribution < -0.4 is 5.32 Å². The van der Waals surface area contributed by atoms with Gasteiger partial charge < -0.3 is 10.4 Å². The van der Waals surface area contributed by atoms with E-state index in [2.05, 4.69) is 15.3 Å². The number of carboxylic acid groups (broad SMARTS) is 1. The maximum atomic E-state index is 11.3. The molecule has 1 aromatic rings. The van der Waals surface area contributed by atoms with E-state index in [4.69, 9.17) is 5.11 Å². The number of amides is 1. The van der Waals surface area contributed by atoms with Crippen molar-refractivity contribution in [3.8, 4) is 0 Å². The number of carbonyl (C=O) groups is 2. The van der Waals surface area contributed by atoms with Gasteiger partial charge in [0.05, 0.1) is 0 Å². The zero-order valence-electron chi connectivity index (χ0n) is 9.43. The average molecular weight is 237 g/mol.